The van der Waals surface area contributed by atoms with Gasteiger partial charge >= 0.3 is 5.97 Å². The summed E-state index contributed by atoms with van der Waals surface area (Å²) in [6, 6.07) is 11.2. The van der Waals surface area contributed by atoms with E-state index in [2.05, 4.69) is 51.5 Å². The fourth-order valence-corrected chi connectivity index (χ4v) is 9.07. The summed E-state index contributed by atoms with van der Waals surface area (Å²) in [5.74, 6) is 0.576. The van der Waals surface area contributed by atoms with E-state index >= 15 is 0 Å². The zero-order valence-electron chi connectivity index (χ0n) is 28.0. The van der Waals surface area contributed by atoms with Crippen molar-refractivity contribution in [3.05, 3.63) is 51.3 Å². The van der Waals surface area contributed by atoms with Crippen LogP contribution in [0.4, 0.5) is 16.8 Å². The Morgan fingerprint density at radius 2 is 1.87 bits per heavy atom. The number of sulfonamides is 1. The standard InChI is InChI=1S/C31H43N7O5S3Si/c1-8-43-29(39)26-27(22-13-15-37(16-14-22)46(4,40)41)45-30(32-26)36(3)25-19-21(2)28(35-34-25)33-31-38(20-42-17-18-47(5,6)7)23-11-9-10-12-24(23)44-31/h9-12,19,22H,8,13-18,20H2,1-7H3. The number of aromatic nitrogens is 4. The molecule has 5 rings (SSSR count). The zero-order valence-corrected chi connectivity index (χ0v) is 31.5. The van der Waals surface area contributed by atoms with Crippen LogP contribution in [0.3, 0.4) is 0 Å². The quantitative estimate of drug-likeness (QED) is 0.100. The molecule has 0 amide bonds. The van der Waals surface area contributed by atoms with Crippen LogP contribution in [0.25, 0.3) is 10.2 Å². The van der Waals surface area contributed by atoms with Gasteiger partial charge in [0, 0.05) is 39.7 Å². The van der Waals surface area contributed by atoms with Gasteiger partial charge in [-0.05, 0) is 62.4 Å². The van der Waals surface area contributed by atoms with Crippen LogP contribution in [0.15, 0.2) is 35.3 Å². The number of rotatable bonds is 12. The van der Waals surface area contributed by atoms with E-state index in [0.717, 1.165) is 31.5 Å². The Hall–Kier alpha value is -3.02. The number of carbonyl (C=O) groups excluding carboxylic acids is 1. The van der Waals surface area contributed by atoms with Crippen LogP contribution in [0, 0.1) is 6.92 Å². The number of hydrogen-bond donors (Lipinski definition) is 0. The molecule has 0 N–H and O–H groups in total. The van der Waals surface area contributed by atoms with E-state index in [1.807, 2.05) is 32.2 Å². The molecule has 1 saturated heterocycles. The Morgan fingerprint density at radius 3 is 2.53 bits per heavy atom. The first-order valence-corrected chi connectivity index (χ1v) is 22.9. The number of hydrogen-bond acceptors (Lipinski definition) is 12. The lowest BCUT2D eigenvalue weighted by atomic mass is 9.95. The predicted octanol–water partition coefficient (Wildman–Crippen LogP) is 5.89. The number of nitrogens with zero attached hydrogens (tertiary/aromatic N) is 7. The van der Waals surface area contributed by atoms with Crippen LogP contribution in [0.2, 0.25) is 25.7 Å². The van der Waals surface area contributed by atoms with E-state index in [1.54, 1.807) is 23.2 Å². The molecule has 1 aliphatic heterocycles. The molecular formula is C31H43N7O5S3Si. The number of fused-ring (bicyclic) bond motifs is 1. The van der Waals surface area contributed by atoms with Gasteiger partial charge in [-0.3, -0.25) is 4.57 Å². The molecule has 254 valence electrons. The largest absolute Gasteiger partial charge is 0.461 e. The first-order valence-electron chi connectivity index (χ1n) is 15.7. The summed E-state index contributed by atoms with van der Waals surface area (Å²) in [5.41, 5.74) is 2.17. The summed E-state index contributed by atoms with van der Waals surface area (Å²) in [7, 11) is -2.64. The van der Waals surface area contributed by atoms with Crippen LogP contribution in [0.5, 0.6) is 0 Å². The molecule has 0 unspecified atom stereocenters. The Bertz CT molecular complexity index is 1910. The van der Waals surface area contributed by atoms with Crippen molar-refractivity contribution in [2.24, 2.45) is 4.99 Å². The first kappa shape index (κ1) is 35.3. The lowest BCUT2D eigenvalue weighted by Crippen LogP contribution is -2.37. The van der Waals surface area contributed by atoms with Crippen LogP contribution >= 0.6 is 22.7 Å². The molecule has 4 heterocycles. The maximum absolute atomic E-state index is 12.9. The number of esters is 1. The molecule has 0 atom stereocenters. The van der Waals surface area contributed by atoms with Gasteiger partial charge in [0.2, 0.25) is 10.0 Å². The third-order valence-corrected chi connectivity index (χ3v) is 13.3. The normalized spacial score (nSPS) is 15.4. The van der Waals surface area contributed by atoms with Crippen LogP contribution < -0.4 is 9.70 Å². The molecule has 3 aromatic heterocycles. The first-order chi connectivity index (χ1) is 22.2. The molecule has 0 radical (unpaired) electrons. The highest BCUT2D eigenvalue weighted by atomic mass is 32.2. The number of carbonyl (C=O) groups is 1. The van der Waals surface area contributed by atoms with E-state index in [-0.39, 0.29) is 18.2 Å². The number of benzene rings is 1. The second-order valence-corrected chi connectivity index (χ2v) is 22.5. The molecule has 0 aliphatic carbocycles. The SMILES string of the molecule is CCOC(=O)c1nc(N(C)c2cc(C)c(N=c3sc4ccccc4n3COCC[Si](C)(C)C)nn2)sc1C1CCN(S(C)(=O)=O)CC1. The van der Waals surface area contributed by atoms with Gasteiger partial charge in [0.1, 0.15) is 6.73 Å². The molecule has 1 aliphatic rings. The van der Waals surface area contributed by atoms with Crippen molar-refractivity contribution in [1.29, 1.82) is 0 Å². The number of ether oxygens (including phenoxy) is 2. The molecule has 47 heavy (non-hydrogen) atoms. The fourth-order valence-electron chi connectivity index (χ4n) is 5.23. The highest BCUT2D eigenvalue weighted by Gasteiger charge is 2.32. The molecule has 1 fully saturated rings. The minimum Gasteiger partial charge on any atom is -0.461 e. The van der Waals surface area contributed by atoms with Crippen molar-refractivity contribution < 1.29 is 22.7 Å². The predicted molar refractivity (Wildman–Crippen MR) is 190 cm³/mol. The van der Waals surface area contributed by atoms with Gasteiger partial charge in [0.25, 0.3) is 0 Å². The fraction of sp³-hybridized carbons (Fsp3) is 0.516. The van der Waals surface area contributed by atoms with Crippen LogP contribution in [-0.2, 0) is 26.2 Å². The maximum Gasteiger partial charge on any atom is 0.358 e. The zero-order chi connectivity index (χ0) is 33.9. The lowest BCUT2D eigenvalue weighted by Gasteiger charge is -2.29. The van der Waals surface area contributed by atoms with Crippen molar-refractivity contribution >= 4 is 73.7 Å². The van der Waals surface area contributed by atoms with Gasteiger partial charge in [-0.1, -0.05) is 43.1 Å². The summed E-state index contributed by atoms with van der Waals surface area (Å²) in [6.07, 6.45) is 2.42. The molecule has 12 nitrogen and oxygen atoms in total. The maximum atomic E-state index is 12.9. The highest BCUT2D eigenvalue weighted by Crippen LogP contribution is 2.39. The summed E-state index contributed by atoms with van der Waals surface area (Å²) in [5, 5.41) is 9.57. The molecular weight excluding hydrogens is 675 g/mol. The smallest absolute Gasteiger partial charge is 0.358 e. The highest BCUT2D eigenvalue weighted by molar-refractivity contribution is 7.88. The van der Waals surface area contributed by atoms with Crippen molar-refractivity contribution in [1.82, 2.24) is 24.1 Å². The molecule has 16 heteroatoms. The number of thiazole rings is 2. The van der Waals surface area contributed by atoms with Crippen LogP contribution in [0.1, 0.15) is 46.6 Å². The van der Waals surface area contributed by atoms with E-state index < -0.39 is 24.1 Å². The van der Waals surface area contributed by atoms with Crippen molar-refractivity contribution in [3.8, 4) is 0 Å². The summed E-state index contributed by atoms with van der Waals surface area (Å²) in [6.45, 7) is 12.9. The molecule has 0 spiro atoms. The Morgan fingerprint density at radius 1 is 1.15 bits per heavy atom. The Kier molecular flexibility index (Phi) is 11.0. The average Bonchev–Trinajstić information content (AvgIpc) is 3.61. The number of aryl methyl sites for hydroxylation is 1. The van der Waals surface area contributed by atoms with Gasteiger partial charge in [0.05, 0.1) is 23.1 Å². The molecule has 0 bridgehead atoms. The second kappa shape index (κ2) is 14.6. The van der Waals surface area contributed by atoms with Gasteiger partial charge in [-0.25, -0.2) is 22.5 Å². The Labute approximate surface area is 285 Å². The average molecular weight is 718 g/mol. The van der Waals surface area contributed by atoms with Gasteiger partial charge in [-0.2, -0.15) is 4.99 Å². The van der Waals surface area contributed by atoms with Crippen molar-refractivity contribution in [2.75, 3.05) is 44.5 Å². The summed E-state index contributed by atoms with van der Waals surface area (Å²) < 4.78 is 40.2. The van der Waals surface area contributed by atoms with Crippen molar-refractivity contribution in [2.45, 2.75) is 65.0 Å². The van der Waals surface area contributed by atoms with E-state index in [0.29, 0.717) is 56.0 Å². The minimum atomic E-state index is -3.27. The monoisotopic (exact) mass is 717 g/mol. The number of para-hydroxylation sites is 1. The van der Waals surface area contributed by atoms with E-state index in [4.69, 9.17) is 14.5 Å². The minimum absolute atomic E-state index is 0.00595. The second-order valence-electron chi connectivity index (χ2n) is 12.9. The van der Waals surface area contributed by atoms with Gasteiger partial charge in [0.15, 0.2) is 27.3 Å². The third-order valence-electron chi connectivity index (χ3n) is 7.99. The lowest BCUT2D eigenvalue weighted by molar-refractivity contribution is 0.0518. The molecule has 0 saturated carbocycles. The van der Waals surface area contributed by atoms with Crippen molar-refractivity contribution in [3.63, 3.8) is 0 Å². The van der Waals surface area contributed by atoms with E-state index in [1.165, 1.54) is 21.9 Å². The van der Waals surface area contributed by atoms with Crippen LogP contribution in [-0.4, -0.2) is 86.1 Å². The summed E-state index contributed by atoms with van der Waals surface area (Å²) >= 11 is 2.98. The molecule has 1 aromatic carbocycles. The van der Waals surface area contributed by atoms with E-state index in [9.17, 15) is 13.2 Å². The Balaban J connectivity index is 1.41. The molecule has 4 aromatic rings. The van der Waals surface area contributed by atoms with Gasteiger partial charge < -0.3 is 14.4 Å². The van der Waals surface area contributed by atoms with Gasteiger partial charge in [-0.15, -0.1) is 21.5 Å². The number of anilines is 2. The number of piperidine rings is 1. The summed E-state index contributed by atoms with van der Waals surface area (Å²) in [4.78, 5) is 25.9. The third kappa shape index (κ3) is 8.53. The topological polar surface area (TPSA) is 132 Å².